The van der Waals surface area contributed by atoms with Gasteiger partial charge in [0, 0.05) is 15.3 Å². The molecule has 0 heterocycles. The van der Waals surface area contributed by atoms with Gasteiger partial charge < -0.3 is 0 Å². The molecule has 2 aliphatic rings. The molecular formula is C8H12Cl2Si. The number of hydrogen-bond acceptors (Lipinski definition) is 0. The van der Waals surface area contributed by atoms with E-state index in [1.165, 1.54) is 22.2 Å². The summed E-state index contributed by atoms with van der Waals surface area (Å²) in [6, 6.07) is 0. The fourth-order valence-electron chi connectivity index (χ4n) is 2.38. The van der Waals surface area contributed by atoms with E-state index in [0.29, 0.717) is 5.04 Å². The van der Waals surface area contributed by atoms with Gasteiger partial charge in [-0.15, -0.1) is 11.6 Å². The van der Waals surface area contributed by atoms with Crippen LogP contribution < -0.4 is 0 Å². The van der Waals surface area contributed by atoms with Crippen molar-refractivity contribution in [2.24, 2.45) is 0 Å². The number of alkyl halides is 1. The third kappa shape index (κ3) is 0.880. The van der Waals surface area contributed by atoms with E-state index in [2.05, 4.69) is 6.92 Å². The minimum absolute atomic E-state index is 0.145. The molecule has 2 aliphatic carbocycles. The summed E-state index contributed by atoms with van der Waals surface area (Å²) in [6.07, 6.45) is 3.47. The normalized spacial score (nSPS) is 49.4. The van der Waals surface area contributed by atoms with Crippen LogP contribution in [0, 0.1) is 0 Å². The molecule has 0 aromatic heterocycles. The van der Waals surface area contributed by atoms with Gasteiger partial charge in [0.2, 0.25) is 0 Å². The third-order valence-corrected chi connectivity index (χ3v) is 6.23. The Morgan fingerprint density at radius 1 is 1.45 bits per heavy atom. The first kappa shape index (κ1) is 8.15. The first-order valence-corrected chi connectivity index (χ1v) is 5.80. The molecule has 62 valence electrons. The molecule has 2 unspecified atom stereocenters. The quantitative estimate of drug-likeness (QED) is 0.422. The highest BCUT2D eigenvalue weighted by Gasteiger charge is 2.54. The molecule has 11 heavy (non-hydrogen) atoms. The highest BCUT2D eigenvalue weighted by molar-refractivity contribution is 6.42. The van der Waals surface area contributed by atoms with Crippen molar-refractivity contribution in [2.75, 3.05) is 0 Å². The van der Waals surface area contributed by atoms with E-state index in [1.807, 2.05) is 0 Å². The van der Waals surface area contributed by atoms with E-state index < -0.39 is 0 Å². The molecule has 0 amide bonds. The summed E-state index contributed by atoms with van der Waals surface area (Å²) in [4.78, 5) is -0.145. The summed E-state index contributed by atoms with van der Waals surface area (Å²) in [5.41, 5.74) is 1.38. The fourth-order valence-corrected chi connectivity index (χ4v) is 4.78. The Labute approximate surface area is 80.4 Å². The van der Waals surface area contributed by atoms with Crippen molar-refractivity contribution >= 4 is 33.4 Å². The van der Waals surface area contributed by atoms with Crippen LogP contribution in [0.4, 0.5) is 0 Å². The van der Waals surface area contributed by atoms with Crippen LogP contribution in [0.3, 0.4) is 0 Å². The van der Waals surface area contributed by atoms with E-state index in [9.17, 15) is 0 Å². The van der Waals surface area contributed by atoms with Gasteiger partial charge in [0.05, 0.1) is 4.87 Å². The summed E-state index contributed by atoms with van der Waals surface area (Å²) in [5.74, 6) is 0. The predicted octanol–water partition coefficient (Wildman–Crippen LogP) is 2.20. The molecule has 1 saturated carbocycles. The van der Waals surface area contributed by atoms with Gasteiger partial charge in [0.1, 0.15) is 0 Å². The first-order valence-electron chi connectivity index (χ1n) is 4.04. The van der Waals surface area contributed by atoms with Gasteiger partial charge in [0.15, 0.2) is 0 Å². The first-order chi connectivity index (χ1) is 4.98. The van der Waals surface area contributed by atoms with Gasteiger partial charge >= 0.3 is 0 Å². The smallest absolute Gasteiger partial charge is 0.0805 e. The molecule has 0 radical (unpaired) electrons. The zero-order valence-electron chi connectivity index (χ0n) is 6.88. The van der Waals surface area contributed by atoms with Gasteiger partial charge in [0.25, 0.3) is 0 Å². The largest absolute Gasteiger partial charge is 0.113 e. The lowest BCUT2D eigenvalue weighted by Crippen LogP contribution is -2.14. The maximum absolute atomic E-state index is 6.36. The summed E-state index contributed by atoms with van der Waals surface area (Å²) in [6.45, 7) is 2.15. The molecule has 0 aliphatic heterocycles. The number of allylic oxidation sites excluding steroid dienone is 2. The summed E-state index contributed by atoms with van der Waals surface area (Å²) < 4.78 is 0. The van der Waals surface area contributed by atoms with Gasteiger partial charge in [-0.1, -0.05) is 17.2 Å². The number of hydrogen-bond donors (Lipinski definition) is 0. The van der Waals surface area contributed by atoms with Crippen LogP contribution in [0.1, 0.15) is 26.2 Å². The predicted molar refractivity (Wildman–Crippen MR) is 53.6 cm³/mol. The molecule has 0 saturated heterocycles. The van der Waals surface area contributed by atoms with Crippen molar-refractivity contribution in [3.8, 4) is 0 Å². The lowest BCUT2D eigenvalue weighted by Gasteiger charge is -2.23. The molecule has 0 nitrogen and oxygen atoms in total. The van der Waals surface area contributed by atoms with E-state index in [-0.39, 0.29) is 4.87 Å². The monoisotopic (exact) mass is 206 g/mol. The SMILES string of the molecule is CC1=C(Cl)C2(Cl)CCC1([SiH3])C2. The molecule has 0 aromatic carbocycles. The minimum atomic E-state index is -0.145. The highest BCUT2D eigenvalue weighted by Crippen LogP contribution is 2.65. The van der Waals surface area contributed by atoms with Crippen LogP contribution in [0.5, 0.6) is 0 Å². The van der Waals surface area contributed by atoms with E-state index >= 15 is 0 Å². The van der Waals surface area contributed by atoms with Gasteiger partial charge in [-0.3, -0.25) is 0 Å². The minimum Gasteiger partial charge on any atom is -0.113 e. The van der Waals surface area contributed by atoms with E-state index in [4.69, 9.17) is 23.2 Å². The summed E-state index contributed by atoms with van der Waals surface area (Å²) >= 11 is 12.5. The second-order valence-corrected chi connectivity index (χ2v) is 7.16. The van der Waals surface area contributed by atoms with Crippen molar-refractivity contribution in [3.63, 3.8) is 0 Å². The Kier molecular flexibility index (Phi) is 1.53. The molecule has 0 spiro atoms. The lowest BCUT2D eigenvalue weighted by molar-refractivity contribution is 0.683. The second-order valence-electron chi connectivity index (χ2n) is 4.14. The molecule has 1 fully saturated rings. The van der Waals surface area contributed by atoms with Crippen molar-refractivity contribution in [1.82, 2.24) is 0 Å². The van der Waals surface area contributed by atoms with Crippen molar-refractivity contribution in [2.45, 2.75) is 36.1 Å². The maximum Gasteiger partial charge on any atom is 0.0805 e. The Bertz CT molecular complexity index is 224. The second kappa shape index (κ2) is 2.07. The zero-order chi connectivity index (χ0) is 8.28. The average molecular weight is 207 g/mol. The van der Waals surface area contributed by atoms with Crippen molar-refractivity contribution in [1.29, 1.82) is 0 Å². The topological polar surface area (TPSA) is 0 Å². The van der Waals surface area contributed by atoms with E-state index in [0.717, 1.165) is 17.9 Å². The third-order valence-electron chi connectivity index (χ3n) is 3.37. The fraction of sp³-hybridized carbons (Fsp3) is 0.750. The Morgan fingerprint density at radius 3 is 2.36 bits per heavy atom. The Hall–Kier alpha value is 0.537. The van der Waals surface area contributed by atoms with Crippen LogP contribution in [0.2, 0.25) is 5.04 Å². The summed E-state index contributed by atoms with van der Waals surface area (Å²) in [7, 11) is 1.20. The van der Waals surface area contributed by atoms with E-state index in [1.54, 1.807) is 0 Å². The standard InChI is InChI=1S/C8H12Cl2Si/c1-5-6(9)7(10)2-3-8(5,11)4-7/h2-4H2,1,11H3. The van der Waals surface area contributed by atoms with Gasteiger partial charge in [-0.05, 0) is 31.2 Å². The van der Waals surface area contributed by atoms with Gasteiger partial charge in [-0.25, -0.2) is 0 Å². The maximum atomic E-state index is 6.36. The Balaban J connectivity index is 2.52. The number of fused-ring (bicyclic) bond motifs is 2. The Morgan fingerprint density at radius 2 is 2.09 bits per heavy atom. The molecule has 0 aromatic rings. The van der Waals surface area contributed by atoms with Crippen LogP contribution in [-0.2, 0) is 0 Å². The number of halogens is 2. The zero-order valence-corrected chi connectivity index (χ0v) is 10.4. The molecule has 2 rings (SSSR count). The molecular weight excluding hydrogens is 195 g/mol. The highest BCUT2D eigenvalue weighted by atomic mass is 35.5. The van der Waals surface area contributed by atoms with Crippen LogP contribution in [-0.4, -0.2) is 15.1 Å². The summed E-state index contributed by atoms with van der Waals surface area (Å²) in [5, 5.41) is 1.42. The van der Waals surface area contributed by atoms with Crippen LogP contribution in [0.25, 0.3) is 0 Å². The van der Waals surface area contributed by atoms with Crippen LogP contribution in [0.15, 0.2) is 10.6 Å². The molecule has 2 atom stereocenters. The van der Waals surface area contributed by atoms with Crippen molar-refractivity contribution in [3.05, 3.63) is 10.6 Å². The average Bonchev–Trinajstić information content (AvgIpc) is 2.32. The molecule has 2 bridgehead atoms. The number of rotatable bonds is 0. The lowest BCUT2D eigenvalue weighted by atomic mass is 9.99. The molecule has 0 N–H and O–H groups in total. The van der Waals surface area contributed by atoms with Gasteiger partial charge in [-0.2, -0.15) is 0 Å². The molecule has 3 heteroatoms. The van der Waals surface area contributed by atoms with Crippen LogP contribution >= 0.6 is 23.2 Å². The van der Waals surface area contributed by atoms with Crippen molar-refractivity contribution < 1.29 is 0 Å².